The quantitative estimate of drug-likeness (QED) is 0.316. The largest absolute Gasteiger partial charge is 0.416 e. The number of hydrogen-bond acceptors (Lipinski definition) is 5. The number of aromatic nitrogens is 1. The van der Waals surface area contributed by atoms with Crippen LogP contribution in [0.5, 0.6) is 0 Å². The maximum Gasteiger partial charge on any atom is 0.416 e. The molecule has 0 N–H and O–H groups in total. The van der Waals surface area contributed by atoms with Crippen molar-refractivity contribution in [2.75, 3.05) is 63.2 Å². The first kappa shape index (κ1) is 31.8. The molecule has 2 saturated heterocycles. The molecule has 2 aromatic carbocycles. The van der Waals surface area contributed by atoms with E-state index in [2.05, 4.69) is 21.7 Å². The van der Waals surface area contributed by atoms with Gasteiger partial charge in [0.1, 0.15) is 18.3 Å². The Morgan fingerprint density at radius 2 is 1.68 bits per heavy atom. The number of piperazine rings is 2. The molecule has 5 rings (SSSR count). The lowest BCUT2D eigenvalue weighted by Gasteiger charge is -2.47. The lowest BCUT2D eigenvalue weighted by Crippen LogP contribution is -2.61. The van der Waals surface area contributed by atoms with Crippen LogP contribution in [0.15, 0.2) is 48.7 Å². The first-order chi connectivity index (χ1) is 20.7. The monoisotopic (exact) mass is 615 g/mol. The van der Waals surface area contributed by atoms with Crippen molar-refractivity contribution < 1.29 is 26.7 Å². The number of rotatable bonds is 6. The highest BCUT2D eigenvalue weighted by atomic mass is 19.4. The number of alkyl halides is 4. The first-order valence-corrected chi connectivity index (χ1v) is 14.7. The van der Waals surface area contributed by atoms with Crippen molar-refractivity contribution in [1.29, 1.82) is 0 Å². The van der Waals surface area contributed by atoms with E-state index in [1.165, 1.54) is 36.9 Å². The van der Waals surface area contributed by atoms with E-state index in [4.69, 9.17) is 4.98 Å². The van der Waals surface area contributed by atoms with Crippen LogP contribution in [0.4, 0.5) is 33.5 Å². The second-order valence-electron chi connectivity index (χ2n) is 12.5. The lowest BCUT2D eigenvalue weighted by molar-refractivity contribution is -0.137. The summed E-state index contributed by atoms with van der Waals surface area (Å²) in [6, 6.07) is 9.65. The summed E-state index contributed by atoms with van der Waals surface area (Å²) in [5.41, 5.74) is -0.121. The fourth-order valence-corrected chi connectivity index (χ4v) is 6.29. The molecule has 3 aromatic rings. The Morgan fingerprint density at radius 1 is 0.977 bits per heavy atom. The zero-order valence-corrected chi connectivity index (χ0v) is 25.7. The van der Waals surface area contributed by atoms with Gasteiger partial charge in [-0.15, -0.1) is 0 Å². The molecule has 0 spiro atoms. The zero-order valence-electron chi connectivity index (χ0n) is 25.7. The van der Waals surface area contributed by atoms with Crippen LogP contribution in [0.25, 0.3) is 11.1 Å². The molecule has 1 aromatic heterocycles. The molecular formula is C33H38F5N5O. The highest BCUT2D eigenvalue weighted by Gasteiger charge is 2.38. The van der Waals surface area contributed by atoms with E-state index in [0.29, 0.717) is 28.4 Å². The summed E-state index contributed by atoms with van der Waals surface area (Å²) < 4.78 is 68.7. The third kappa shape index (κ3) is 6.30. The Kier molecular flexibility index (Phi) is 8.74. The lowest BCUT2D eigenvalue weighted by atomic mass is 9.81. The fourth-order valence-electron chi connectivity index (χ4n) is 6.29. The summed E-state index contributed by atoms with van der Waals surface area (Å²) in [4.78, 5) is 27.2. The fraction of sp³-hybridized carbons (Fsp3) is 0.455. The Bertz CT molecular complexity index is 1540. The normalized spacial score (nSPS) is 18.3. The number of fused-ring (bicyclic) bond motifs is 1. The third-order valence-electron chi connectivity index (χ3n) is 8.96. The van der Waals surface area contributed by atoms with Gasteiger partial charge in [0.05, 0.1) is 22.9 Å². The molecule has 0 aliphatic carbocycles. The zero-order chi connectivity index (χ0) is 32.0. The molecular weight excluding hydrogens is 577 g/mol. The van der Waals surface area contributed by atoms with Crippen LogP contribution in [-0.4, -0.2) is 80.1 Å². The minimum atomic E-state index is -4.70. The summed E-state index contributed by atoms with van der Waals surface area (Å²) in [6.45, 7) is 9.20. The van der Waals surface area contributed by atoms with Crippen molar-refractivity contribution in [2.45, 2.75) is 45.1 Å². The van der Waals surface area contributed by atoms with E-state index >= 15 is 0 Å². The van der Waals surface area contributed by atoms with Gasteiger partial charge in [0, 0.05) is 57.9 Å². The molecule has 11 heteroatoms. The van der Waals surface area contributed by atoms with Crippen LogP contribution in [0.3, 0.4) is 0 Å². The summed E-state index contributed by atoms with van der Waals surface area (Å²) in [6.07, 6.45) is -3.10. The molecule has 2 aliphatic heterocycles. The van der Waals surface area contributed by atoms with Crippen molar-refractivity contribution in [2.24, 2.45) is 0 Å². The molecule has 0 saturated carbocycles. The number of benzene rings is 2. The number of anilines is 2. The van der Waals surface area contributed by atoms with Crippen LogP contribution in [0.2, 0.25) is 0 Å². The molecule has 2 fully saturated rings. The van der Waals surface area contributed by atoms with Gasteiger partial charge in [-0.25, -0.2) is 13.8 Å². The summed E-state index contributed by atoms with van der Waals surface area (Å²) >= 11 is 0. The van der Waals surface area contributed by atoms with E-state index < -0.39 is 35.6 Å². The van der Waals surface area contributed by atoms with E-state index in [0.717, 1.165) is 57.2 Å². The molecule has 1 unspecified atom stereocenters. The third-order valence-corrected chi connectivity index (χ3v) is 8.96. The van der Waals surface area contributed by atoms with Gasteiger partial charge < -0.3 is 14.7 Å². The Morgan fingerprint density at radius 3 is 2.36 bits per heavy atom. The number of halogens is 5. The number of aryl methyl sites for hydroxylation is 1. The Balaban J connectivity index is 1.54. The molecule has 44 heavy (non-hydrogen) atoms. The maximum atomic E-state index is 14.1. The number of pyridine rings is 1. The van der Waals surface area contributed by atoms with E-state index in [-0.39, 0.29) is 11.1 Å². The molecule has 1 amide bonds. The predicted octanol–water partition coefficient (Wildman–Crippen LogP) is 6.06. The van der Waals surface area contributed by atoms with Gasteiger partial charge in [-0.05, 0) is 80.4 Å². The molecule has 3 heterocycles. The van der Waals surface area contributed by atoms with Gasteiger partial charge in [-0.3, -0.25) is 9.69 Å². The van der Waals surface area contributed by atoms with E-state index in [1.807, 2.05) is 6.07 Å². The van der Waals surface area contributed by atoms with Crippen molar-refractivity contribution >= 4 is 17.4 Å². The van der Waals surface area contributed by atoms with Gasteiger partial charge in [-0.2, -0.15) is 13.2 Å². The van der Waals surface area contributed by atoms with Gasteiger partial charge in [0.2, 0.25) is 5.91 Å². The van der Waals surface area contributed by atoms with Gasteiger partial charge in [-0.1, -0.05) is 12.1 Å². The van der Waals surface area contributed by atoms with Gasteiger partial charge in [0.15, 0.2) is 0 Å². The summed E-state index contributed by atoms with van der Waals surface area (Å²) in [7, 11) is 3.66. The van der Waals surface area contributed by atoms with E-state index in [9.17, 15) is 26.7 Å². The highest BCUT2D eigenvalue weighted by Crippen LogP contribution is 2.39. The number of carbonyl (C=O) groups is 1. The Hall–Kier alpha value is -3.57. The Labute approximate surface area is 255 Å². The van der Waals surface area contributed by atoms with Crippen LogP contribution in [-0.2, 0) is 23.1 Å². The molecule has 6 nitrogen and oxygen atoms in total. The van der Waals surface area contributed by atoms with Crippen LogP contribution in [0.1, 0.15) is 36.1 Å². The van der Waals surface area contributed by atoms with Crippen molar-refractivity contribution in [3.8, 4) is 11.1 Å². The van der Waals surface area contributed by atoms with Crippen LogP contribution >= 0.6 is 0 Å². The molecule has 236 valence electrons. The number of amides is 1. The second kappa shape index (κ2) is 12.1. The number of likely N-dealkylation sites (N-methyl/N-ethyl adjacent to an activating group) is 2. The van der Waals surface area contributed by atoms with E-state index in [1.54, 1.807) is 26.2 Å². The molecule has 1 atom stereocenters. The minimum Gasteiger partial charge on any atom is -0.354 e. The standard InChI is InChI=1S/C33H38F5N5O/c1-21-12-25(35)6-7-27(21)28-16-30(43-11-10-42-9-8-40(4)19-26(42)20-43)39-18-29(28)41(5)31(44)32(2,3)23-13-22(17-34)14-24(15-23)33(36,37)38/h6-7,12-16,18,26H,8-11,17,19-20H2,1-5H3. The van der Waals surface area contributed by atoms with Crippen molar-refractivity contribution in [3.05, 3.63) is 76.7 Å². The SMILES string of the molecule is Cc1cc(F)ccc1-c1cc(N2CCN3CCN(C)CC3C2)ncc1N(C)C(=O)C(C)(C)c1cc(CF)cc(C(F)(F)F)c1. The molecule has 2 aliphatic rings. The average molecular weight is 616 g/mol. The number of carbonyl (C=O) groups excluding carboxylic acids is 1. The summed E-state index contributed by atoms with van der Waals surface area (Å²) in [5, 5.41) is 0. The first-order valence-electron chi connectivity index (χ1n) is 14.7. The van der Waals surface area contributed by atoms with Gasteiger partial charge >= 0.3 is 6.18 Å². The minimum absolute atomic E-state index is 0.0521. The van der Waals surface area contributed by atoms with Crippen LogP contribution < -0.4 is 9.80 Å². The topological polar surface area (TPSA) is 42.9 Å². The second-order valence-corrected chi connectivity index (χ2v) is 12.5. The van der Waals surface area contributed by atoms with Crippen molar-refractivity contribution in [3.63, 3.8) is 0 Å². The van der Waals surface area contributed by atoms with Crippen LogP contribution in [0, 0.1) is 12.7 Å². The predicted molar refractivity (Wildman–Crippen MR) is 162 cm³/mol. The maximum absolute atomic E-state index is 14.1. The number of hydrogen-bond donors (Lipinski definition) is 0. The average Bonchev–Trinajstić information content (AvgIpc) is 2.99. The molecule has 0 bridgehead atoms. The molecule has 0 radical (unpaired) electrons. The highest BCUT2D eigenvalue weighted by molar-refractivity contribution is 6.03. The van der Waals surface area contributed by atoms with Crippen molar-refractivity contribution in [1.82, 2.24) is 14.8 Å². The number of nitrogens with zero attached hydrogens (tertiary/aromatic N) is 5. The summed E-state index contributed by atoms with van der Waals surface area (Å²) in [5.74, 6) is -0.166. The van der Waals surface area contributed by atoms with Gasteiger partial charge in [0.25, 0.3) is 0 Å². The smallest absolute Gasteiger partial charge is 0.354 e.